The van der Waals surface area contributed by atoms with Crippen LogP contribution in [0.5, 0.6) is 0 Å². The minimum atomic E-state index is -0.761. The molecule has 1 unspecified atom stereocenters. The Kier molecular flexibility index (Phi) is 5.76. The highest BCUT2D eigenvalue weighted by atomic mass is 35.5. The quantitative estimate of drug-likeness (QED) is 0.334. The molecule has 6 heteroatoms. The van der Waals surface area contributed by atoms with E-state index in [4.69, 9.17) is 11.6 Å². The van der Waals surface area contributed by atoms with Crippen molar-refractivity contribution in [2.45, 2.75) is 13.0 Å². The third kappa shape index (κ3) is 3.76. The van der Waals surface area contributed by atoms with E-state index < -0.39 is 17.7 Å². The normalized spacial score (nSPS) is 17.6. The maximum absolute atomic E-state index is 13.2. The molecule has 5 nitrogen and oxygen atoms in total. The van der Waals surface area contributed by atoms with E-state index in [1.54, 1.807) is 24.3 Å². The van der Waals surface area contributed by atoms with Gasteiger partial charge in [0.1, 0.15) is 5.76 Å². The number of carbonyl (C=O) groups is 2. The summed E-state index contributed by atoms with van der Waals surface area (Å²) >= 11 is 5.98. The summed E-state index contributed by atoms with van der Waals surface area (Å²) in [4.78, 5) is 29.9. The largest absolute Gasteiger partial charge is 0.507 e. The number of ketones is 1. The van der Waals surface area contributed by atoms with Crippen LogP contribution in [0.2, 0.25) is 5.02 Å². The van der Waals surface area contributed by atoms with Gasteiger partial charge in [0.05, 0.1) is 11.6 Å². The summed E-state index contributed by atoms with van der Waals surface area (Å²) in [5, 5.41) is 11.6. The molecular formula is C26H23ClN2O3. The number of hydrogen-bond donors (Lipinski definition) is 1. The maximum Gasteiger partial charge on any atom is 0.300 e. The second kappa shape index (κ2) is 8.52. The molecule has 1 aliphatic heterocycles. The number of Topliss-reactive ketones (excluding diaryl/α,β-unsaturated/α-hetero) is 1. The number of aliphatic hydroxyl groups excluding tert-OH is 1. The lowest BCUT2D eigenvalue weighted by Gasteiger charge is -2.27. The fourth-order valence-corrected chi connectivity index (χ4v) is 4.07. The summed E-state index contributed by atoms with van der Waals surface area (Å²) in [5.74, 6) is -1.61. The van der Waals surface area contributed by atoms with Crippen molar-refractivity contribution >= 4 is 40.4 Å². The zero-order valence-electron chi connectivity index (χ0n) is 18.0. The van der Waals surface area contributed by atoms with Crippen LogP contribution in [0.3, 0.4) is 0 Å². The predicted octanol–water partition coefficient (Wildman–Crippen LogP) is 5.34. The highest BCUT2D eigenvalue weighted by Crippen LogP contribution is 2.43. The summed E-state index contributed by atoms with van der Waals surface area (Å²) in [5.41, 5.74) is 3.68. The second-order valence-corrected chi connectivity index (χ2v) is 8.38. The Hall–Kier alpha value is -3.57. The Morgan fingerprint density at radius 1 is 0.938 bits per heavy atom. The highest BCUT2D eigenvalue weighted by molar-refractivity contribution is 6.51. The fourth-order valence-electron chi connectivity index (χ4n) is 3.95. The van der Waals surface area contributed by atoms with E-state index >= 15 is 0 Å². The molecule has 1 amide bonds. The molecule has 0 aliphatic carbocycles. The molecule has 1 atom stereocenters. The molecule has 0 radical (unpaired) electrons. The number of amides is 1. The average molecular weight is 447 g/mol. The number of carbonyl (C=O) groups excluding carboxylic acids is 2. The molecule has 1 heterocycles. The molecule has 4 rings (SSSR count). The minimum absolute atomic E-state index is 0.0539. The molecule has 0 bridgehead atoms. The van der Waals surface area contributed by atoms with Gasteiger partial charge in [-0.1, -0.05) is 41.9 Å². The smallest absolute Gasteiger partial charge is 0.300 e. The van der Waals surface area contributed by atoms with Crippen molar-refractivity contribution in [1.82, 2.24) is 0 Å². The number of halogens is 1. The van der Waals surface area contributed by atoms with Gasteiger partial charge in [-0.25, -0.2) is 0 Å². The summed E-state index contributed by atoms with van der Waals surface area (Å²) in [7, 11) is 3.88. The van der Waals surface area contributed by atoms with Gasteiger partial charge in [-0.2, -0.15) is 0 Å². The second-order valence-electron chi connectivity index (χ2n) is 7.95. The minimum Gasteiger partial charge on any atom is -0.507 e. The lowest BCUT2D eigenvalue weighted by atomic mass is 9.94. The van der Waals surface area contributed by atoms with E-state index in [1.807, 2.05) is 74.4 Å². The Labute approximate surface area is 192 Å². The van der Waals surface area contributed by atoms with Crippen molar-refractivity contribution in [3.05, 3.63) is 100 Å². The molecular weight excluding hydrogens is 424 g/mol. The predicted molar refractivity (Wildman–Crippen MR) is 128 cm³/mol. The first-order valence-electron chi connectivity index (χ1n) is 10.2. The van der Waals surface area contributed by atoms with Crippen LogP contribution in [-0.4, -0.2) is 30.9 Å². The number of benzene rings is 3. The first kappa shape index (κ1) is 21.7. The molecule has 3 aromatic rings. The van der Waals surface area contributed by atoms with Gasteiger partial charge < -0.3 is 10.0 Å². The summed E-state index contributed by atoms with van der Waals surface area (Å²) in [6.45, 7) is 1.89. The van der Waals surface area contributed by atoms with Gasteiger partial charge in [0.15, 0.2) is 0 Å². The van der Waals surface area contributed by atoms with E-state index in [0.29, 0.717) is 16.3 Å². The van der Waals surface area contributed by atoms with Gasteiger partial charge in [-0.15, -0.1) is 0 Å². The van der Waals surface area contributed by atoms with E-state index in [2.05, 4.69) is 0 Å². The fraction of sp³-hybridized carbons (Fsp3) is 0.154. The van der Waals surface area contributed by atoms with Crippen molar-refractivity contribution in [3.8, 4) is 0 Å². The number of aryl methyl sites for hydroxylation is 1. The van der Waals surface area contributed by atoms with Crippen LogP contribution in [-0.2, 0) is 9.59 Å². The van der Waals surface area contributed by atoms with Gasteiger partial charge in [-0.05, 0) is 60.5 Å². The first-order chi connectivity index (χ1) is 15.3. The van der Waals surface area contributed by atoms with Gasteiger partial charge in [0.2, 0.25) is 0 Å². The molecule has 0 spiro atoms. The van der Waals surface area contributed by atoms with Crippen LogP contribution in [0, 0.1) is 6.92 Å². The van der Waals surface area contributed by atoms with Crippen molar-refractivity contribution < 1.29 is 14.7 Å². The van der Waals surface area contributed by atoms with Gasteiger partial charge in [0, 0.05) is 36.1 Å². The SMILES string of the molecule is Cc1ccccc1N1C(=O)C(=O)/C(=C(/O)c2ccc(Cl)cc2)C1c1ccc(N(C)C)cc1. The zero-order valence-corrected chi connectivity index (χ0v) is 18.8. The van der Waals surface area contributed by atoms with Crippen molar-refractivity contribution in [2.75, 3.05) is 23.9 Å². The summed E-state index contributed by atoms with van der Waals surface area (Å²) in [6.07, 6.45) is 0. The Balaban J connectivity index is 1.94. The third-order valence-corrected chi connectivity index (χ3v) is 5.91. The zero-order chi connectivity index (χ0) is 23.0. The lowest BCUT2D eigenvalue weighted by molar-refractivity contribution is -0.132. The van der Waals surface area contributed by atoms with Gasteiger partial charge >= 0.3 is 0 Å². The van der Waals surface area contributed by atoms with Crippen molar-refractivity contribution in [1.29, 1.82) is 0 Å². The standard InChI is InChI=1S/C26H23ClN2O3/c1-16-6-4-5-7-21(16)29-23(17-10-14-20(15-11-17)28(2)3)22(25(31)26(29)32)24(30)18-8-12-19(27)13-9-18/h4-15,23,30H,1-3H3/b24-22+. The third-order valence-electron chi connectivity index (χ3n) is 5.66. The van der Waals surface area contributed by atoms with Crippen molar-refractivity contribution in [3.63, 3.8) is 0 Å². The monoisotopic (exact) mass is 446 g/mol. The maximum atomic E-state index is 13.2. The van der Waals surface area contributed by atoms with E-state index in [0.717, 1.165) is 16.8 Å². The number of nitrogens with zero attached hydrogens (tertiary/aromatic N) is 2. The van der Waals surface area contributed by atoms with E-state index in [-0.39, 0.29) is 11.3 Å². The molecule has 1 aliphatic rings. The number of aliphatic hydroxyl groups is 1. The van der Waals surface area contributed by atoms with Crippen LogP contribution >= 0.6 is 11.6 Å². The Bertz CT molecular complexity index is 1210. The van der Waals surface area contributed by atoms with Crippen LogP contribution in [0.25, 0.3) is 5.76 Å². The lowest BCUT2D eigenvalue weighted by Crippen LogP contribution is -2.30. The van der Waals surface area contributed by atoms with Crippen LogP contribution in [0.1, 0.15) is 22.7 Å². The Morgan fingerprint density at radius 3 is 2.16 bits per heavy atom. The number of anilines is 2. The topological polar surface area (TPSA) is 60.9 Å². The first-order valence-corrected chi connectivity index (χ1v) is 10.6. The van der Waals surface area contributed by atoms with Crippen LogP contribution < -0.4 is 9.80 Å². The molecule has 3 aromatic carbocycles. The molecule has 0 aromatic heterocycles. The summed E-state index contributed by atoms with van der Waals surface area (Å²) < 4.78 is 0. The van der Waals surface area contributed by atoms with Crippen molar-refractivity contribution in [2.24, 2.45) is 0 Å². The van der Waals surface area contributed by atoms with Crippen LogP contribution in [0.15, 0.2) is 78.4 Å². The van der Waals surface area contributed by atoms with Crippen LogP contribution in [0.4, 0.5) is 11.4 Å². The van der Waals surface area contributed by atoms with E-state index in [1.165, 1.54) is 4.90 Å². The summed E-state index contributed by atoms with van der Waals surface area (Å²) in [6, 6.07) is 20.8. The van der Waals surface area contributed by atoms with E-state index in [9.17, 15) is 14.7 Å². The Morgan fingerprint density at radius 2 is 1.56 bits per heavy atom. The highest BCUT2D eigenvalue weighted by Gasteiger charge is 2.47. The molecule has 162 valence electrons. The number of hydrogen-bond acceptors (Lipinski definition) is 4. The molecule has 1 N–H and O–H groups in total. The molecule has 1 fully saturated rings. The number of para-hydroxylation sites is 1. The number of rotatable bonds is 4. The van der Waals surface area contributed by atoms with Gasteiger partial charge in [-0.3, -0.25) is 14.5 Å². The molecule has 0 saturated carbocycles. The average Bonchev–Trinajstić information content (AvgIpc) is 3.05. The van der Waals surface area contributed by atoms with Gasteiger partial charge in [0.25, 0.3) is 11.7 Å². The molecule has 32 heavy (non-hydrogen) atoms. The molecule has 1 saturated heterocycles.